The minimum absolute atomic E-state index is 0.213. The number of nitrogens with zero attached hydrogens (tertiary/aromatic N) is 5. The maximum absolute atomic E-state index is 12.6. The van der Waals surface area contributed by atoms with Gasteiger partial charge >= 0.3 is 0 Å². The summed E-state index contributed by atoms with van der Waals surface area (Å²) in [5.74, 6) is 1.70. The Morgan fingerprint density at radius 2 is 2.22 bits per heavy atom. The van der Waals surface area contributed by atoms with E-state index in [0.29, 0.717) is 18.3 Å². The third-order valence-electron chi connectivity index (χ3n) is 5.60. The number of hydrogen-bond donors (Lipinski definition) is 2. The number of imidazole rings is 1. The summed E-state index contributed by atoms with van der Waals surface area (Å²) in [5.41, 5.74) is 6.47. The summed E-state index contributed by atoms with van der Waals surface area (Å²) >= 11 is 0. The molecule has 0 unspecified atom stereocenters. The van der Waals surface area contributed by atoms with Crippen LogP contribution in [0.1, 0.15) is 37.7 Å². The number of amidine groups is 1. The molecule has 0 spiro atoms. The molecule has 1 saturated carbocycles. The van der Waals surface area contributed by atoms with Crippen molar-refractivity contribution in [2.45, 2.75) is 39.2 Å². The summed E-state index contributed by atoms with van der Waals surface area (Å²) in [6.45, 7) is 8.93. The quantitative estimate of drug-likeness (QED) is 0.336. The average Bonchev–Trinajstić information content (AvgIpc) is 3.42. The van der Waals surface area contributed by atoms with Gasteiger partial charge in [0.1, 0.15) is 18.2 Å². The van der Waals surface area contributed by atoms with E-state index in [2.05, 4.69) is 37.3 Å². The van der Waals surface area contributed by atoms with Crippen LogP contribution in [-0.4, -0.2) is 58.2 Å². The Morgan fingerprint density at radius 3 is 2.84 bits per heavy atom. The molecule has 1 amide bonds. The molecule has 32 heavy (non-hydrogen) atoms. The zero-order valence-corrected chi connectivity index (χ0v) is 19.4. The molecule has 2 N–H and O–H groups in total. The van der Waals surface area contributed by atoms with Crippen LogP contribution in [-0.2, 0) is 11.8 Å². The van der Waals surface area contributed by atoms with Crippen molar-refractivity contribution < 1.29 is 4.79 Å². The Morgan fingerprint density at radius 1 is 1.44 bits per heavy atom. The topological polar surface area (TPSA) is 86.9 Å². The van der Waals surface area contributed by atoms with E-state index in [-0.39, 0.29) is 5.91 Å². The number of aliphatic imine (C=N–C) groups is 1. The highest BCUT2D eigenvalue weighted by Gasteiger charge is 2.34. The van der Waals surface area contributed by atoms with Crippen molar-refractivity contribution in [3.63, 3.8) is 0 Å². The van der Waals surface area contributed by atoms with Crippen molar-refractivity contribution in [2.75, 3.05) is 20.3 Å². The summed E-state index contributed by atoms with van der Waals surface area (Å²) in [6.07, 6.45) is 14.6. The van der Waals surface area contributed by atoms with Crippen LogP contribution in [0.3, 0.4) is 0 Å². The number of hydrogen-bond acceptors (Lipinski definition) is 6. The number of carbonyl (C=O) groups is 1. The van der Waals surface area contributed by atoms with Crippen LogP contribution >= 0.6 is 0 Å². The number of nitrogens with one attached hydrogen (secondary N) is 2. The lowest BCUT2D eigenvalue weighted by molar-refractivity contribution is -0.114. The SMILES string of the molecule is C=CC/C(=C\C=C/CNC(=O)C(/C=C(\C)c1cnc(C)n1C)=NC)C1=NNCN1C1CC1. The van der Waals surface area contributed by atoms with E-state index in [1.165, 1.54) is 12.8 Å². The zero-order valence-electron chi connectivity index (χ0n) is 19.4. The number of amides is 1. The fourth-order valence-electron chi connectivity index (χ4n) is 3.53. The highest BCUT2D eigenvalue weighted by molar-refractivity contribution is 6.44. The van der Waals surface area contributed by atoms with Gasteiger partial charge < -0.3 is 14.8 Å². The van der Waals surface area contributed by atoms with E-state index in [0.717, 1.165) is 41.6 Å². The Bertz CT molecular complexity index is 1010. The minimum Gasteiger partial charge on any atom is -0.347 e. The van der Waals surface area contributed by atoms with Crippen LogP contribution in [0.25, 0.3) is 5.57 Å². The Kier molecular flexibility index (Phi) is 7.81. The van der Waals surface area contributed by atoms with Crippen molar-refractivity contribution in [2.24, 2.45) is 17.1 Å². The summed E-state index contributed by atoms with van der Waals surface area (Å²) in [5, 5.41) is 7.36. The van der Waals surface area contributed by atoms with Crippen LogP contribution in [0.2, 0.25) is 0 Å². The number of rotatable bonds is 10. The van der Waals surface area contributed by atoms with E-state index in [1.807, 2.05) is 49.8 Å². The van der Waals surface area contributed by atoms with Gasteiger partial charge in [0, 0.05) is 32.3 Å². The standard InChI is InChI=1S/C24H33N7O/c1-6-9-19(23-29-28-16-31(23)20-11-12-20)10-7-8-13-26-24(32)21(25-4)14-17(2)22-15-27-18(3)30(22)5/h6-8,10,14-15,20,28H,1,9,11-13,16H2,2-5H3,(H,26,32)/b8-7-,17-14+,19-10+,25-21?. The summed E-state index contributed by atoms with van der Waals surface area (Å²) in [7, 11) is 3.57. The number of aryl methyl sites for hydroxylation is 1. The van der Waals surface area contributed by atoms with Gasteiger partial charge in [-0.3, -0.25) is 15.2 Å². The molecule has 0 bridgehead atoms. The van der Waals surface area contributed by atoms with E-state index >= 15 is 0 Å². The molecule has 0 aromatic carbocycles. The van der Waals surface area contributed by atoms with E-state index < -0.39 is 0 Å². The first-order valence-electron chi connectivity index (χ1n) is 10.9. The maximum Gasteiger partial charge on any atom is 0.269 e. The fourth-order valence-corrected chi connectivity index (χ4v) is 3.53. The molecule has 3 rings (SSSR count). The molecule has 1 fully saturated rings. The first-order chi connectivity index (χ1) is 15.5. The van der Waals surface area contributed by atoms with E-state index in [1.54, 1.807) is 19.3 Å². The highest BCUT2D eigenvalue weighted by Crippen LogP contribution is 2.30. The maximum atomic E-state index is 12.6. The molecule has 2 heterocycles. The van der Waals surface area contributed by atoms with Gasteiger partial charge in [-0.2, -0.15) is 5.10 Å². The molecule has 1 aromatic rings. The predicted octanol–water partition coefficient (Wildman–Crippen LogP) is 2.72. The largest absolute Gasteiger partial charge is 0.347 e. The molecule has 1 aliphatic carbocycles. The minimum atomic E-state index is -0.213. The van der Waals surface area contributed by atoms with Crippen LogP contribution in [0, 0.1) is 6.92 Å². The molecule has 1 aliphatic heterocycles. The van der Waals surface area contributed by atoms with Gasteiger partial charge in [0.2, 0.25) is 0 Å². The average molecular weight is 436 g/mol. The first-order valence-corrected chi connectivity index (χ1v) is 10.9. The van der Waals surface area contributed by atoms with Crippen LogP contribution in [0.15, 0.2) is 58.8 Å². The third-order valence-corrected chi connectivity index (χ3v) is 5.60. The van der Waals surface area contributed by atoms with Crippen molar-refractivity contribution in [3.8, 4) is 0 Å². The Hall–Kier alpha value is -3.42. The van der Waals surface area contributed by atoms with Crippen LogP contribution in [0.5, 0.6) is 0 Å². The molecule has 170 valence electrons. The van der Waals surface area contributed by atoms with E-state index in [9.17, 15) is 4.79 Å². The summed E-state index contributed by atoms with van der Waals surface area (Å²) in [6, 6.07) is 0.596. The lowest BCUT2D eigenvalue weighted by Crippen LogP contribution is -2.32. The fraction of sp³-hybridized carbons (Fsp3) is 0.417. The second-order valence-corrected chi connectivity index (χ2v) is 7.96. The number of carbonyl (C=O) groups excluding carboxylic acids is 1. The van der Waals surface area contributed by atoms with Gasteiger partial charge in [-0.05, 0) is 44.8 Å². The third kappa shape index (κ3) is 5.63. The normalized spacial score (nSPS) is 17.6. The number of aromatic nitrogens is 2. The molecular weight excluding hydrogens is 402 g/mol. The van der Waals surface area contributed by atoms with Gasteiger partial charge in [-0.25, -0.2) is 4.98 Å². The molecular formula is C24H33N7O. The van der Waals surface area contributed by atoms with Gasteiger partial charge in [-0.1, -0.05) is 24.3 Å². The Labute approximate surface area is 190 Å². The van der Waals surface area contributed by atoms with Crippen molar-refractivity contribution in [1.29, 1.82) is 0 Å². The van der Waals surface area contributed by atoms with Crippen LogP contribution in [0.4, 0.5) is 0 Å². The molecule has 8 nitrogen and oxygen atoms in total. The zero-order chi connectivity index (χ0) is 23.1. The predicted molar refractivity (Wildman–Crippen MR) is 130 cm³/mol. The van der Waals surface area contributed by atoms with Gasteiger partial charge in [0.15, 0.2) is 5.84 Å². The molecule has 0 atom stereocenters. The van der Waals surface area contributed by atoms with E-state index in [4.69, 9.17) is 0 Å². The molecule has 0 radical (unpaired) electrons. The lowest BCUT2D eigenvalue weighted by Gasteiger charge is -2.19. The molecule has 2 aliphatic rings. The lowest BCUT2D eigenvalue weighted by atomic mass is 10.1. The summed E-state index contributed by atoms with van der Waals surface area (Å²) < 4.78 is 1.99. The van der Waals surface area contributed by atoms with Gasteiger partial charge in [0.05, 0.1) is 11.9 Å². The number of hydrazone groups is 1. The van der Waals surface area contributed by atoms with Crippen molar-refractivity contribution in [1.82, 2.24) is 25.2 Å². The Balaban J connectivity index is 1.58. The van der Waals surface area contributed by atoms with Crippen LogP contribution < -0.4 is 10.7 Å². The van der Waals surface area contributed by atoms with Crippen molar-refractivity contribution >= 4 is 23.0 Å². The monoisotopic (exact) mass is 435 g/mol. The molecule has 8 heteroatoms. The highest BCUT2D eigenvalue weighted by atomic mass is 16.1. The molecule has 1 aromatic heterocycles. The van der Waals surface area contributed by atoms with Gasteiger partial charge in [0.25, 0.3) is 5.91 Å². The molecule has 0 saturated heterocycles. The summed E-state index contributed by atoms with van der Waals surface area (Å²) in [4.78, 5) is 23.3. The second-order valence-electron chi connectivity index (χ2n) is 7.96. The van der Waals surface area contributed by atoms with Gasteiger partial charge in [-0.15, -0.1) is 6.58 Å². The smallest absolute Gasteiger partial charge is 0.269 e. The number of allylic oxidation sites excluding steroid dienone is 4. The van der Waals surface area contributed by atoms with Crippen molar-refractivity contribution in [3.05, 3.63) is 60.2 Å². The second kappa shape index (κ2) is 10.7. The first kappa shape index (κ1) is 23.2.